The predicted octanol–water partition coefficient (Wildman–Crippen LogP) is 1.57. The van der Waals surface area contributed by atoms with Gasteiger partial charge in [-0.1, -0.05) is 29.2 Å². The summed E-state index contributed by atoms with van der Waals surface area (Å²) in [4.78, 5) is 33.9. The molecule has 1 aromatic heterocycles. The minimum atomic E-state index is -0.640. The van der Waals surface area contributed by atoms with Crippen LogP contribution in [-0.4, -0.2) is 38.7 Å². The second kappa shape index (κ2) is 8.10. The van der Waals surface area contributed by atoms with Gasteiger partial charge in [0.25, 0.3) is 11.6 Å². The highest BCUT2D eigenvalue weighted by atomic mass is 32.2. The van der Waals surface area contributed by atoms with Crippen molar-refractivity contribution in [3.63, 3.8) is 0 Å². The summed E-state index contributed by atoms with van der Waals surface area (Å²) in [6, 6.07) is 5.70. The Hall–Kier alpha value is -2.73. The molecule has 136 valence electrons. The van der Waals surface area contributed by atoms with Crippen LogP contribution in [0.15, 0.2) is 28.6 Å². The number of nitro groups is 1. The zero-order chi connectivity index (χ0) is 18.5. The van der Waals surface area contributed by atoms with Gasteiger partial charge < -0.3 is 5.32 Å². The summed E-state index contributed by atoms with van der Waals surface area (Å²) in [6.45, 7) is 0. The van der Waals surface area contributed by atoms with Gasteiger partial charge in [-0.25, -0.2) is 0 Å². The van der Waals surface area contributed by atoms with Gasteiger partial charge in [0, 0.05) is 23.7 Å². The number of thioether (sulfide) groups is 1. The number of nitrogens with one attached hydrogen (secondary N) is 3. The minimum absolute atomic E-state index is 0.0489. The van der Waals surface area contributed by atoms with Crippen molar-refractivity contribution in [1.29, 1.82) is 0 Å². The number of hydrogen-bond donors (Lipinski definition) is 3. The normalized spacial score (nSPS) is 13.1. The molecule has 0 aliphatic heterocycles. The zero-order valence-corrected chi connectivity index (χ0v) is 14.9. The monoisotopic (exact) mass is 394 g/mol. The minimum Gasteiger partial charge on any atom is -0.357 e. The number of hydrazine groups is 1. The molecule has 26 heavy (non-hydrogen) atoms. The number of amides is 2. The van der Waals surface area contributed by atoms with Crippen LogP contribution in [0.3, 0.4) is 0 Å². The van der Waals surface area contributed by atoms with Crippen LogP contribution in [0, 0.1) is 10.1 Å². The van der Waals surface area contributed by atoms with Gasteiger partial charge in [-0.05, 0) is 18.9 Å². The summed E-state index contributed by atoms with van der Waals surface area (Å²) in [6.07, 6.45) is 2.27. The first-order chi connectivity index (χ1) is 12.5. The fourth-order valence-electron chi connectivity index (χ4n) is 1.85. The van der Waals surface area contributed by atoms with Gasteiger partial charge in [-0.15, -0.1) is 10.2 Å². The third-order valence-corrected chi connectivity index (χ3v) is 5.26. The summed E-state index contributed by atoms with van der Waals surface area (Å²) >= 11 is 2.57. The zero-order valence-electron chi connectivity index (χ0n) is 13.3. The van der Waals surface area contributed by atoms with Crippen LogP contribution in [0.4, 0.5) is 10.8 Å². The molecule has 3 rings (SSSR count). The van der Waals surface area contributed by atoms with Crippen molar-refractivity contribution in [3.05, 3.63) is 39.9 Å². The maximum absolute atomic E-state index is 11.9. The first-order valence-corrected chi connectivity index (χ1v) is 9.38. The summed E-state index contributed by atoms with van der Waals surface area (Å²) in [5.41, 5.74) is 4.36. The largest absolute Gasteiger partial charge is 0.357 e. The Labute approximate surface area is 155 Å². The van der Waals surface area contributed by atoms with E-state index >= 15 is 0 Å². The molecule has 1 aromatic carbocycles. The van der Waals surface area contributed by atoms with Crippen molar-refractivity contribution in [1.82, 2.24) is 21.0 Å². The van der Waals surface area contributed by atoms with E-state index in [4.69, 9.17) is 0 Å². The van der Waals surface area contributed by atoms with Gasteiger partial charge in [0.15, 0.2) is 4.34 Å². The summed E-state index contributed by atoms with van der Waals surface area (Å²) in [5, 5.41) is 22.6. The topological polar surface area (TPSA) is 139 Å². The lowest BCUT2D eigenvalue weighted by molar-refractivity contribution is -0.384. The number of carbonyl (C=O) groups excluding carboxylic acids is 2. The van der Waals surface area contributed by atoms with Crippen LogP contribution in [0.1, 0.15) is 23.2 Å². The summed E-state index contributed by atoms with van der Waals surface area (Å²) < 4.78 is 0.647. The summed E-state index contributed by atoms with van der Waals surface area (Å²) in [7, 11) is 0. The van der Waals surface area contributed by atoms with Gasteiger partial charge >= 0.3 is 0 Å². The maximum Gasteiger partial charge on any atom is 0.270 e. The van der Waals surface area contributed by atoms with E-state index in [-0.39, 0.29) is 17.0 Å². The Morgan fingerprint density at radius 1 is 1.31 bits per heavy atom. The number of nitrogens with zero attached hydrogens (tertiary/aromatic N) is 3. The molecule has 0 unspecified atom stereocenters. The van der Waals surface area contributed by atoms with Gasteiger partial charge in [0.05, 0.1) is 10.7 Å². The van der Waals surface area contributed by atoms with E-state index in [2.05, 4.69) is 26.4 Å². The lowest BCUT2D eigenvalue weighted by Crippen LogP contribution is -2.42. The van der Waals surface area contributed by atoms with Crippen LogP contribution in [0.5, 0.6) is 0 Å². The quantitative estimate of drug-likeness (QED) is 0.365. The van der Waals surface area contributed by atoms with Crippen LogP contribution < -0.4 is 16.2 Å². The van der Waals surface area contributed by atoms with Crippen LogP contribution in [-0.2, 0) is 4.79 Å². The predicted molar refractivity (Wildman–Crippen MR) is 96.0 cm³/mol. The molecule has 0 radical (unpaired) electrons. The number of anilines is 1. The molecule has 0 saturated heterocycles. The maximum atomic E-state index is 11.9. The van der Waals surface area contributed by atoms with E-state index in [0.717, 1.165) is 24.0 Å². The summed E-state index contributed by atoms with van der Waals surface area (Å²) in [5.74, 6) is -1.02. The molecule has 1 heterocycles. The molecular weight excluding hydrogens is 380 g/mol. The fraction of sp³-hybridized carbons (Fsp3) is 0.286. The fourth-order valence-corrected chi connectivity index (χ4v) is 3.48. The molecule has 3 N–H and O–H groups in total. The van der Waals surface area contributed by atoms with E-state index in [1.54, 1.807) is 0 Å². The lowest BCUT2D eigenvalue weighted by atomic mass is 10.2. The molecule has 12 heteroatoms. The Morgan fingerprint density at radius 2 is 2.12 bits per heavy atom. The molecule has 0 atom stereocenters. The van der Waals surface area contributed by atoms with E-state index in [1.165, 1.54) is 41.3 Å². The number of aromatic nitrogens is 2. The second-order valence-electron chi connectivity index (χ2n) is 5.39. The molecule has 1 fully saturated rings. The van der Waals surface area contributed by atoms with E-state index < -0.39 is 16.7 Å². The Bertz CT molecular complexity index is 838. The number of hydrogen-bond acceptors (Lipinski definition) is 9. The number of nitro benzene ring substituents is 1. The Kier molecular flexibility index (Phi) is 5.63. The number of non-ortho nitro benzene ring substituents is 1. The van der Waals surface area contributed by atoms with E-state index in [0.29, 0.717) is 10.4 Å². The van der Waals surface area contributed by atoms with Gasteiger partial charge in [-0.3, -0.25) is 30.6 Å². The lowest BCUT2D eigenvalue weighted by Gasteiger charge is -2.06. The highest BCUT2D eigenvalue weighted by molar-refractivity contribution is 8.01. The number of rotatable bonds is 7. The third kappa shape index (κ3) is 5.13. The molecular formula is C14H14N6O4S2. The first-order valence-electron chi connectivity index (χ1n) is 7.58. The molecule has 0 spiro atoms. The smallest absolute Gasteiger partial charge is 0.270 e. The molecule has 1 aliphatic rings. The molecule has 1 aliphatic carbocycles. The van der Waals surface area contributed by atoms with Crippen molar-refractivity contribution in [2.24, 2.45) is 0 Å². The highest BCUT2D eigenvalue weighted by Gasteiger charge is 2.22. The van der Waals surface area contributed by atoms with Crippen molar-refractivity contribution >= 4 is 45.7 Å². The van der Waals surface area contributed by atoms with Crippen molar-refractivity contribution in [2.45, 2.75) is 23.2 Å². The highest BCUT2D eigenvalue weighted by Crippen LogP contribution is 2.29. The Balaban J connectivity index is 1.43. The molecule has 10 nitrogen and oxygen atoms in total. The van der Waals surface area contributed by atoms with Crippen LogP contribution in [0.2, 0.25) is 0 Å². The third-order valence-electron chi connectivity index (χ3n) is 3.27. The molecule has 2 aromatic rings. The average molecular weight is 394 g/mol. The number of benzene rings is 1. The van der Waals surface area contributed by atoms with E-state index in [1.807, 2.05) is 0 Å². The average Bonchev–Trinajstić information content (AvgIpc) is 3.34. The van der Waals surface area contributed by atoms with Crippen LogP contribution in [0.25, 0.3) is 0 Å². The van der Waals surface area contributed by atoms with Gasteiger partial charge in [0.2, 0.25) is 11.0 Å². The first kappa shape index (κ1) is 18.1. The molecule has 2 amide bonds. The van der Waals surface area contributed by atoms with Gasteiger partial charge in [0.1, 0.15) is 0 Å². The van der Waals surface area contributed by atoms with Crippen molar-refractivity contribution < 1.29 is 14.5 Å². The van der Waals surface area contributed by atoms with Crippen molar-refractivity contribution in [2.75, 3.05) is 11.1 Å². The van der Waals surface area contributed by atoms with Crippen LogP contribution >= 0.6 is 23.1 Å². The number of carbonyl (C=O) groups is 2. The van der Waals surface area contributed by atoms with Gasteiger partial charge in [-0.2, -0.15) is 0 Å². The van der Waals surface area contributed by atoms with E-state index in [9.17, 15) is 19.7 Å². The molecule has 1 saturated carbocycles. The standard InChI is InChI=1S/C14H14N6O4S2/c21-11(7-25-14-19-18-13(26-14)15-9-4-5-9)16-17-12(22)8-2-1-3-10(6-8)20(23)24/h1-3,6,9H,4-5,7H2,(H,15,18)(H,16,21)(H,17,22). The SMILES string of the molecule is O=C(CSc1nnc(NC2CC2)s1)NNC(=O)c1cccc([N+](=O)[O-])c1. The van der Waals surface area contributed by atoms with Crippen molar-refractivity contribution in [3.8, 4) is 0 Å². The molecule has 0 bridgehead atoms. The Morgan fingerprint density at radius 3 is 2.85 bits per heavy atom. The second-order valence-corrected chi connectivity index (χ2v) is 7.59.